The Kier molecular flexibility index (Phi) is 6.94. The molecule has 0 unspecified atom stereocenters. The number of carbonyl (C=O) groups is 1. The molecule has 0 spiro atoms. The van der Waals surface area contributed by atoms with E-state index in [9.17, 15) is 21.6 Å². The van der Waals surface area contributed by atoms with Crippen LogP contribution in [-0.2, 0) is 24.7 Å². The molecule has 34 heavy (non-hydrogen) atoms. The number of amides is 1. The Labute approximate surface area is 202 Å². The summed E-state index contributed by atoms with van der Waals surface area (Å²) in [5, 5.41) is 3.34. The Morgan fingerprint density at radius 1 is 1.09 bits per heavy atom. The monoisotopic (exact) mass is 523 g/mol. The summed E-state index contributed by atoms with van der Waals surface area (Å²) >= 11 is 1.36. The van der Waals surface area contributed by atoms with Gasteiger partial charge in [0.25, 0.3) is 0 Å². The van der Waals surface area contributed by atoms with Gasteiger partial charge in [0.2, 0.25) is 15.9 Å². The largest absolute Gasteiger partial charge is 0.492 e. The minimum atomic E-state index is -3.78. The van der Waals surface area contributed by atoms with Crippen molar-refractivity contribution in [3.8, 4) is 5.75 Å². The maximum Gasteiger partial charge on any atom is 0.243 e. The highest BCUT2D eigenvalue weighted by molar-refractivity contribution is 7.90. The first-order valence-corrected chi connectivity index (χ1v) is 14.9. The number of aromatic nitrogens is 1. The molecule has 1 fully saturated rings. The van der Waals surface area contributed by atoms with Crippen molar-refractivity contribution in [1.82, 2.24) is 9.29 Å². The lowest BCUT2D eigenvalue weighted by atomic mass is 9.97. The zero-order valence-corrected chi connectivity index (χ0v) is 21.2. The number of nitrogens with zero attached hydrogens (tertiary/aromatic N) is 2. The van der Waals surface area contributed by atoms with Crippen molar-refractivity contribution < 1.29 is 26.4 Å². The van der Waals surface area contributed by atoms with Crippen LogP contribution in [0.25, 0.3) is 10.2 Å². The first-order chi connectivity index (χ1) is 16.1. The van der Waals surface area contributed by atoms with E-state index < -0.39 is 19.9 Å². The number of sulfonamides is 1. The molecule has 12 heteroatoms. The predicted molar refractivity (Wildman–Crippen MR) is 130 cm³/mol. The van der Waals surface area contributed by atoms with E-state index in [4.69, 9.17) is 4.74 Å². The number of fused-ring (bicyclic) bond motifs is 1. The normalized spacial score (nSPS) is 15.9. The molecule has 1 aliphatic rings. The quantitative estimate of drug-likeness (QED) is 0.505. The molecule has 0 radical (unpaired) electrons. The van der Waals surface area contributed by atoms with Crippen molar-refractivity contribution in [3.05, 3.63) is 42.5 Å². The average molecular weight is 524 g/mol. The van der Waals surface area contributed by atoms with Gasteiger partial charge in [0.1, 0.15) is 11.3 Å². The number of thiazole rings is 1. The number of benzene rings is 2. The van der Waals surface area contributed by atoms with Gasteiger partial charge in [-0.15, -0.1) is 0 Å². The van der Waals surface area contributed by atoms with E-state index in [-0.39, 0.29) is 34.7 Å². The first-order valence-electron chi connectivity index (χ1n) is 10.7. The SMILES string of the molecule is CCOc1cccc2sc(NC(=O)C3CCN(S(=O)(=O)c4ccc(S(C)(=O)=O)cc4)CC3)nc12. The Morgan fingerprint density at radius 2 is 1.74 bits per heavy atom. The summed E-state index contributed by atoms with van der Waals surface area (Å²) in [5.41, 5.74) is 0.701. The van der Waals surface area contributed by atoms with Crippen molar-refractivity contribution in [1.29, 1.82) is 0 Å². The number of carbonyl (C=O) groups excluding carboxylic acids is 1. The van der Waals surface area contributed by atoms with E-state index in [0.717, 1.165) is 11.0 Å². The van der Waals surface area contributed by atoms with Crippen LogP contribution < -0.4 is 10.1 Å². The molecule has 2 heterocycles. The molecule has 0 atom stereocenters. The van der Waals surface area contributed by atoms with Gasteiger partial charge >= 0.3 is 0 Å². The van der Waals surface area contributed by atoms with Crippen molar-refractivity contribution in [2.45, 2.75) is 29.6 Å². The Balaban J connectivity index is 1.40. The van der Waals surface area contributed by atoms with Gasteiger partial charge in [-0.25, -0.2) is 21.8 Å². The van der Waals surface area contributed by atoms with Gasteiger partial charge in [-0.2, -0.15) is 4.31 Å². The number of hydrogen-bond acceptors (Lipinski definition) is 8. The zero-order valence-electron chi connectivity index (χ0n) is 18.7. The van der Waals surface area contributed by atoms with Gasteiger partial charge in [-0.1, -0.05) is 17.4 Å². The number of rotatable bonds is 7. The maximum atomic E-state index is 13.0. The lowest BCUT2D eigenvalue weighted by molar-refractivity contribution is -0.120. The number of hydrogen-bond donors (Lipinski definition) is 1. The van der Waals surface area contributed by atoms with Crippen molar-refractivity contribution >= 4 is 52.5 Å². The van der Waals surface area contributed by atoms with Crippen molar-refractivity contribution in [2.24, 2.45) is 5.92 Å². The molecule has 1 N–H and O–H groups in total. The second-order valence-electron chi connectivity index (χ2n) is 7.97. The summed E-state index contributed by atoms with van der Waals surface area (Å²) in [6.45, 7) is 2.80. The number of anilines is 1. The number of nitrogens with one attached hydrogen (secondary N) is 1. The van der Waals surface area contributed by atoms with E-state index in [1.54, 1.807) is 0 Å². The topological polar surface area (TPSA) is 123 Å². The second-order valence-corrected chi connectivity index (χ2v) is 13.0. The fraction of sp³-hybridized carbons (Fsp3) is 0.364. The summed E-state index contributed by atoms with van der Waals surface area (Å²) in [7, 11) is -7.19. The molecule has 0 saturated carbocycles. The van der Waals surface area contributed by atoms with E-state index in [1.807, 2.05) is 25.1 Å². The van der Waals surface area contributed by atoms with Crippen LogP contribution in [-0.4, -0.2) is 58.0 Å². The number of para-hydroxylation sites is 1. The van der Waals surface area contributed by atoms with Crippen LogP contribution in [0.15, 0.2) is 52.3 Å². The number of piperidine rings is 1. The Morgan fingerprint density at radius 3 is 2.35 bits per heavy atom. The molecular weight excluding hydrogens is 498 g/mol. The van der Waals surface area contributed by atoms with Crippen molar-refractivity contribution in [3.63, 3.8) is 0 Å². The molecular formula is C22H25N3O6S3. The summed E-state index contributed by atoms with van der Waals surface area (Å²) in [6, 6.07) is 10.8. The van der Waals surface area contributed by atoms with E-state index in [1.165, 1.54) is 39.9 Å². The van der Waals surface area contributed by atoms with Gasteiger partial charge in [-0.3, -0.25) is 4.79 Å². The molecule has 1 saturated heterocycles. The third kappa shape index (κ3) is 5.09. The summed E-state index contributed by atoms with van der Waals surface area (Å²) in [6.07, 6.45) is 1.82. The van der Waals surface area contributed by atoms with E-state index in [0.29, 0.717) is 35.8 Å². The van der Waals surface area contributed by atoms with Gasteiger partial charge < -0.3 is 10.1 Å². The van der Waals surface area contributed by atoms with Crippen molar-refractivity contribution in [2.75, 3.05) is 31.3 Å². The molecule has 0 aliphatic carbocycles. The van der Waals surface area contributed by atoms with Gasteiger partial charge in [-0.05, 0) is 56.2 Å². The molecule has 1 aliphatic heterocycles. The molecule has 1 aromatic heterocycles. The van der Waals surface area contributed by atoms with Crippen LogP contribution >= 0.6 is 11.3 Å². The predicted octanol–water partition coefficient (Wildman–Crippen LogP) is 3.14. The van der Waals surface area contributed by atoms with E-state index >= 15 is 0 Å². The first kappa shape index (κ1) is 24.6. The van der Waals surface area contributed by atoms with E-state index in [2.05, 4.69) is 10.3 Å². The standard InChI is InChI=1S/C22H25N3O6S3/c1-3-31-18-5-4-6-19-20(18)23-22(32-19)24-21(26)15-11-13-25(14-12-15)34(29,30)17-9-7-16(8-10-17)33(2,27)28/h4-10,15H,3,11-14H2,1-2H3,(H,23,24,26). The highest BCUT2D eigenvalue weighted by atomic mass is 32.2. The minimum absolute atomic E-state index is 0.0300. The van der Waals surface area contributed by atoms with Crippen LogP contribution in [0.2, 0.25) is 0 Å². The summed E-state index contributed by atoms with van der Waals surface area (Å²) < 4.78 is 57.0. The molecule has 0 bridgehead atoms. The fourth-order valence-corrected chi connectivity index (χ4v) is 6.81. The van der Waals surface area contributed by atoms with Crippen LogP contribution in [0.1, 0.15) is 19.8 Å². The Hall–Kier alpha value is -2.54. The third-order valence-electron chi connectivity index (χ3n) is 5.63. The number of ether oxygens (including phenoxy) is 1. The van der Waals surface area contributed by atoms with Crippen LogP contribution in [0, 0.1) is 5.92 Å². The third-order valence-corrected chi connectivity index (χ3v) is 9.60. The average Bonchev–Trinajstić information content (AvgIpc) is 3.22. The molecule has 182 valence electrons. The highest BCUT2D eigenvalue weighted by Gasteiger charge is 2.32. The van der Waals surface area contributed by atoms with Crippen LogP contribution in [0.4, 0.5) is 5.13 Å². The highest BCUT2D eigenvalue weighted by Crippen LogP contribution is 2.33. The van der Waals surface area contributed by atoms with Crippen LogP contribution in [0.5, 0.6) is 5.75 Å². The molecule has 3 aromatic rings. The minimum Gasteiger partial charge on any atom is -0.492 e. The van der Waals surface area contributed by atoms with Gasteiger partial charge in [0.15, 0.2) is 15.0 Å². The molecule has 4 rings (SSSR count). The molecule has 1 amide bonds. The van der Waals surface area contributed by atoms with Gasteiger partial charge in [0.05, 0.1) is 21.1 Å². The Bertz CT molecular complexity index is 1410. The summed E-state index contributed by atoms with van der Waals surface area (Å²) in [5.74, 6) is 0.142. The smallest absolute Gasteiger partial charge is 0.243 e. The zero-order chi connectivity index (χ0) is 24.5. The van der Waals surface area contributed by atoms with Gasteiger partial charge in [0, 0.05) is 25.3 Å². The maximum absolute atomic E-state index is 13.0. The second kappa shape index (κ2) is 9.61. The molecule has 2 aromatic carbocycles. The number of sulfone groups is 1. The lowest BCUT2D eigenvalue weighted by Gasteiger charge is -2.30. The van der Waals surface area contributed by atoms with Crippen LogP contribution in [0.3, 0.4) is 0 Å². The summed E-state index contributed by atoms with van der Waals surface area (Å²) in [4.78, 5) is 17.4. The fourth-order valence-electron chi connectivity index (χ4n) is 3.82. The lowest BCUT2D eigenvalue weighted by Crippen LogP contribution is -2.41. The molecule has 9 nitrogen and oxygen atoms in total.